The third-order valence-electron chi connectivity index (χ3n) is 4.62. The van der Waals surface area contributed by atoms with Gasteiger partial charge in [0.2, 0.25) is 5.91 Å². The van der Waals surface area contributed by atoms with E-state index >= 15 is 0 Å². The standard InChI is InChI=1S/C17H22N4O3S2/c1-12-4-6-13(7-5-12)16-18-19-17(21(16)3)25-10-15(22)20(2)14-8-9-26(23,24)11-14/h4-7,14H,8-11H2,1-3H3. The van der Waals surface area contributed by atoms with Gasteiger partial charge >= 0.3 is 0 Å². The predicted octanol–water partition coefficient (Wildman–Crippen LogP) is 1.53. The third kappa shape index (κ3) is 4.09. The molecule has 1 amide bonds. The number of rotatable bonds is 5. The molecule has 1 aliphatic heterocycles. The molecule has 2 aromatic rings. The minimum atomic E-state index is -3.01. The maximum atomic E-state index is 12.4. The Morgan fingerprint density at radius 1 is 1.31 bits per heavy atom. The number of hydrogen-bond acceptors (Lipinski definition) is 6. The van der Waals surface area contributed by atoms with Crippen molar-refractivity contribution < 1.29 is 13.2 Å². The van der Waals surface area contributed by atoms with E-state index in [2.05, 4.69) is 10.2 Å². The Kier molecular flexibility index (Phi) is 5.38. The number of sulfone groups is 1. The van der Waals surface area contributed by atoms with Gasteiger partial charge in [-0.1, -0.05) is 41.6 Å². The monoisotopic (exact) mass is 394 g/mol. The number of thioether (sulfide) groups is 1. The number of aromatic nitrogens is 3. The van der Waals surface area contributed by atoms with Gasteiger partial charge in [-0.3, -0.25) is 4.79 Å². The molecule has 2 heterocycles. The molecule has 1 fully saturated rings. The summed E-state index contributed by atoms with van der Waals surface area (Å²) >= 11 is 1.31. The lowest BCUT2D eigenvalue weighted by molar-refractivity contribution is -0.128. The van der Waals surface area contributed by atoms with Gasteiger partial charge in [0.05, 0.1) is 17.3 Å². The van der Waals surface area contributed by atoms with E-state index in [1.165, 1.54) is 17.3 Å². The molecule has 1 atom stereocenters. The highest BCUT2D eigenvalue weighted by molar-refractivity contribution is 7.99. The highest BCUT2D eigenvalue weighted by atomic mass is 32.2. The van der Waals surface area contributed by atoms with Crippen LogP contribution in [0.25, 0.3) is 11.4 Å². The molecule has 0 N–H and O–H groups in total. The Hall–Kier alpha value is -1.87. The Labute approximate surface area is 157 Å². The van der Waals surface area contributed by atoms with Gasteiger partial charge in [0.25, 0.3) is 0 Å². The molecule has 1 aromatic carbocycles. The molecule has 140 valence electrons. The van der Waals surface area contributed by atoms with E-state index in [0.29, 0.717) is 11.6 Å². The zero-order valence-electron chi connectivity index (χ0n) is 15.0. The first-order valence-corrected chi connectivity index (χ1v) is 11.1. The van der Waals surface area contributed by atoms with Crippen LogP contribution in [0.4, 0.5) is 0 Å². The maximum absolute atomic E-state index is 12.4. The summed E-state index contributed by atoms with van der Waals surface area (Å²) in [7, 11) is 0.534. The SMILES string of the molecule is Cc1ccc(-c2nnc(SCC(=O)N(C)C3CCS(=O)(=O)C3)n2C)cc1. The van der Waals surface area contributed by atoms with Crippen LogP contribution in [-0.2, 0) is 21.7 Å². The number of nitrogens with zero attached hydrogens (tertiary/aromatic N) is 4. The second-order valence-corrected chi connectivity index (χ2v) is 9.75. The van der Waals surface area contributed by atoms with Gasteiger partial charge in [0.15, 0.2) is 20.8 Å². The van der Waals surface area contributed by atoms with Crippen LogP contribution in [0.3, 0.4) is 0 Å². The fourth-order valence-corrected chi connectivity index (χ4v) is 5.52. The first-order valence-electron chi connectivity index (χ1n) is 8.32. The summed E-state index contributed by atoms with van der Waals surface area (Å²) in [6, 6.07) is 7.80. The molecule has 1 saturated heterocycles. The Balaban J connectivity index is 1.63. The van der Waals surface area contributed by atoms with Gasteiger partial charge in [0, 0.05) is 25.7 Å². The van der Waals surface area contributed by atoms with Crippen LogP contribution in [0.1, 0.15) is 12.0 Å². The van der Waals surface area contributed by atoms with Crippen LogP contribution in [-0.4, -0.2) is 64.3 Å². The topological polar surface area (TPSA) is 85.2 Å². The zero-order chi connectivity index (χ0) is 18.9. The van der Waals surface area contributed by atoms with E-state index in [4.69, 9.17) is 0 Å². The molecule has 1 aromatic heterocycles. The number of aryl methyl sites for hydroxylation is 1. The van der Waals surface area contributed by atoms with Crippen molar-refractivity contribution in [2.75, 3.05) is 24.3 Å². The Bertz CT molecular complexity index is 907. The normalized spacial score (nSPS) is 18.8. The summed E-state index contributed by atoms with van der Waals surface area (Å²) in [5, 5.41) is 9.05. The summed E-state index contributed by atoms with van der Waals surface area (Å²) in [6.07, 6.45) is 0.511. The van der Waals surface area contributed by atoms with E-state index in [-0.39, 0.29) is 29.2 Å². The van der Waals surface area contributed by atoms with Crippen molar-refractivity contribution in [2.24, 2.45) is 7.05 Å². The maximum Gasteiger partial charge on any atom is 0.233 e. The van der Waals surface area contributed by atoms with Crippen LogP contribution in [0, 0.1) is 6.92 Å². The van der Waals surface area contributed by atoms with Crippen molar-refractivity contribution in [3.8, 4) is 11.4 Å². The van der Waals surface area contributed by atoms with Gasteiger partial charge < -0.3 is 9.47 Å². The molecular formula is C17H22N4O3S2. The highest BCUT2D eigenvalue weighted by Gasteiger charge is 2.32. The smallest absolute Gasteiger partial charge is 0.233 e. The predicted molar refractivity (Wildman–Crippen MR) is 102 cm³/mol. The summed E-state index contributed by atoms with van der Waals surface area (Å²) < 4.78 is 25.0. The largest absolute Gasteiger partial charge is 0.341 e. The minimum absolute atomic E-state index is 0.0570. The number of hydrogen-bond donors (Lipinski definition) is 0. The number of benzene rings is 1. The molecule has 0 radical (unpaired) electrons. The van der Waals surface area contributed by atoms with Crippen LogP contribution < -0.4 is 0 Å². The summed E-state index contributed by atoms with van der Waals surface area (Å²) in [5.74, 6) is 1.06. The average Bonchev–Trinajstić information content (AvgIpc) is 3.15. The van der Waals surface area contributed by atoms with Crippen molar-refractivity contribution in [3.63, 3.8) is 0 Å². The van der Waals surface area contributed by atoms with Crippen molar-refractivity contribution in [2.45, 2.75) is 24.5 Å². The lowest BCUT2D eigenvalue weighted by Gasteiger charge is -2.23. The summed E-state index contributed by atoms with van der Waals surface area (Å²) in [6.45, 7) is 2.03. The van der Waals surface area contributed by atoms with Crippen LogP contribution >= 0.6 is 11.8 Å². The van der Waals surface area contributed by atoms with Gasteiger partial charge in [-0.05, 0) is 13.3 Å². The van der Waals surface area contributed by atoms with Gasteiger partial charge in [-0.25, -0.2) is 8.42 Å². The molecule has 0 bridgehead atoms. The van der Waals surface area contributed by atoms with Crippen LogP contribution in [0.5, 0.6) is 0 Å². The lowest BCUT2D eigenvalue weighted by Crippen LogP contribution is -2.38. The molecule has 0 saturated carbocycles. The Morgan fingerprint density at radius 3 is 2.62 bits per heavy atom. The Morgan fingerprint density at radius 2 is 2.00 bits per heavy atom. The van der Waals surface area contributed by atoms with Gasteiger partial charge in [-0.2, -0.15) is 0 Å². The van der Waals surface area contributed by atoms with Crippen molar-refractivity contribution >= 4 is 27.5 Å². The molecule has 7 nitrogen and oxygen atoms in total. The first-order chi connectivity index (χ1) is 12.3. The molecule has 0 aliphatic carbocycles. The molecule has 0 spiro atoms. The zero-order valence-corrected chi connectivity index (χ0v) is 16.7. The molecule has 3 rings (SSSR count). The average molecular weight is 395 g/mol. The van der Waals surface area contributed by atoms with E-state index in [9.17, 15) is 13.2 Å². The van der Waals surface area contributed by atoms with Crippen molar-refractivity contribution in [1.82, 2.24) is 19.7 Å². The summed E-state index contributed by atoms with van der Waals surface area (Å²) in [5.41, 5.74) is 2.14. The highest BCUT2D eigenvalue weighted by Crippen LogP contribution is 2.24. The van der Waals surface area contributed by atoms with Crippen LogP contribution in [0.15, 0.2) is 29.4 Å². The lowest BCUT2D eigenvalue weighted by atomic mass is 10.1. The fourth-order valence-electron chi connectivity index (χ4n) is 2.91. The van der Waals surface area contributed by atoms with Gasteiger partial charge in [0.1, 0.15) is 0 Å². The van der Waals surface area contributed by atoms with Gasteiger partial charge in [-0.15, -0.1) is 10.2 Å². The molecule has 26 heavy (non-hydrogen) atoms. The van der Waals surface area contributed by atoms with Crippen molar-refractivity contribution in [1.29, 1.82) is 0 Å². The number of carbonyl (C=O) groups is 1. The number of amides is 1. The quantitative estimate of drug-likeness (QED) is 0.715. The van der Waals surface area contributed by atoms with Crippen molar-refractivity contribution in [3.05, 3.63) is 29.8 Å². The second kappa shape index (κ2) is 7.40. The van der Waals surface area contributed by atoms with E-state index < -0.39 is 9.84 Å². The first kappa shape index (κ1) is 18.9. The third-order valence-corrected chi connectivity index (χ3v) is 7.37. The van der Waals surface area contributed by atoms with E-state index in [0.717, 1.165) is 11.4 Å². The second-order valence-electron chi connectivity index (χ2n) is 6.58. The summed E-state index contributed by atoms with van der Waals surface area (Å²) in [4.78, 5) is 13.9. The van der Waals surface area contributed by atoms with Crippen LogP contribution in [0.2, 0.25) is 0 Å². The number of carbonyl (C=O) groups excluding carboxylic acids is 1. The molecule has 1 unspecified atom stereocenters. The van der Waals surface area contributed by atoms with E-state index in [1.807, 2.05) is 42.8 Å². The molecule has 9 heteroatoms. The molecule has 1 aliphatic rings. The minimum Gasteiger partial charge on any atom is -0.341 e. The van der Waals surface area contributed by atoms with E-state index in [1.54, 1.807) is 11.9 Å². The fraction of sp³-hybridized carbons (Fsp3) is 0.471. The molecular weight excluding hydrogens is 372 g/mol.